The summed E-state index contributed by atoms with van der Waals surface area (Å²) in [4.78, 5) is 26.6. The number of esters is 2. The number of nitrogen functional groups attached to an aromatic ring is 1. The van der Waals surface area contributed by atoms with Gasteiger partial charge in [-0.15, -0.1) is 17.0 Å². The standard InChI is InChI=1S/C18H28N2O4.BrH/c1-6-10-23-16(21)13-8-7-9-14(19)15(13)17(22)24-12-18(2,3)11-20(4)5;/h7-9H,6,10-12,19H2,1-5H3;1H. The third-order valence-electron chi connectivity index (χ3n) is 3.30. The second-order valence-corrected chi connectivity index (χ2v) is 6.88. The van der Waals surface area contributed by atoms with E-state index < -0.39 is 11.9 Å². The minimum absolute atomic E-state index is 0. The zero-order valence-corrected chi connectivity index (χ0v) is 17.3. The van der Waals surface area contributed by atoms with Crippen LogP contribution in [0.25, 0.3) is 0 Å². The van der Waals surface area contributed by atoms with Gasteiger partial charge in [-0.25, -0.2) is 9.59 Å². The first-order chi connectivity index (χ1) is 11.2. The lowest BCUT2D eigenvalue weighted by Gasteiger charge is -2.27. The molecule has 1 rings (SSSR count). The maximum atomic E-state index is 12.5. The molecule has 0 bridgehead atoms. The van der Waals surface area contributed by atoms with Gasteiger partial charge in [0.2, 0.25) is 0 Å². The molecule has 142 valence electrons. The fourth-order valence-electron chi connectivity index (χ4n) is 2.48. The fraction of sp³-hybridized carbons (Fsp3) is 0.556. The van der Waals surface area contributed by atoms with E-state index >= 15 is 0 Å². The zero-order valence-electron chi connectivity index (χ0n) is 15.6. The molecule has 0 unspecified atom stereocenters. The van der Waals surface area contributed by atoms with Crippen molar-refractivity contribution in [3.63, 3.8) is 0 Å². The molecular formula is C18H29BrN2O4. The summed E-state index contributed by atoms with van der Waals surface area (Å²) >= 11 is 0. The van der Waals surface area contributed by atoms with E-state index in [1.807, 2.05) is 39.8 Å². The first-order valence-corrected chi connectivity index (χ1v) is 8.05. The van der Waals surface area contributed by atoms with Gasteiger partial charge in [0.1, 0.15) is 0 Å². The molecule has 0 saturated heterocycles. The quantitative estimate of drug-likeness (QED) is 0.517. The van der Waals surface area contributed by atoms with E-state index in [9.17, 15) is 9.59 Å². The van der Waals surface area contributed by atoms with Gasteiger partial charge < -0.3 is 20.1 Å². The van der Waals surface area contributed by atoms with Crippen LogP contribution in [0, 0.1) is 5.41 Å². The molecule has 0 fully saturated rings. The lowest BCUT2D eigenvalue weighted by Crippen LogP contribution is -2.33. The van der Waals surface area contributed by atoms with Crippen molar-refractivity contribution in [2.45, 2.75) is 27.2 Å². The van der Waals surface area contributed by atoms with E-state index in [0.29, 0.717) is 6.42 Å². The molecule has 0 aliphatic carbocycles. The highest BCUT2D eigenvalue weighted by Gasteiger charge is 2.26. The van der Waals surface area contributed by atoms with Crippen LogP contribution in [0.2, 0.25) is 0 Å². The summed E-state index contributed by atoms with van der Waals surface area (Å²) in [5.74, 6) is -1.17. The molecule has 2 N–H and O–H groups in total. The summed E-state index contributed by atoms with van der Waals surface area (Å²) in [6, 6.07) is 4.71. The Morgan fingerprint density at radius 2 is 1.80 bits per heavy atom. The van der Waals surface area contributed by atoms with Gasteiger partial charge in [-0.2, -0.15) is 0 Å². The average Bonchev–Trinajstić information content (AvgIpc) is 2.48. The van der Waals surface area contributed by atoms with Crippen LogP contribution in [0.4, 0.5) is 5.69 Å². The van der Waals surface area contributed by atoms with Crippen molar-refractivity contribution in [1.82, 2.24) is 4.90 Å². The molecule has 7 heteroatoms. The van der Waals surface area contributed by atoms with E-state index in [4.69, 9.17) is 15.2 Å². The van der Waals surface area contributed by atoms with Crippen LogP contribution >= 0.6 is 17.0 Å². The summed E-state index contributed by atoms with van der Waals surface area (Å²) in [7, 11) is 3.92. The van der Waals surface area contributed by atoms with Crippen LogP contribution in [-0.4, -0.2) is 50.7 Å². The molecule has 0 radical (unpaired) electrons. The molecule has 0 aliphatic rings. The molecular weight excluding hydrogens is 388 g/mol. The Labute approximate surface area is 160 Å². The number of anilines is 1. The molecule has 0 aliphatic heterocycles. The molecule has 0 aromatic heterocycles. The number of hydrogen-bond acceptors (Lipinski definition) is 6. The highest BCUT2D eigenvalue weighted by Crippen LogP contribution is 2.22. The smallest absolute Gasteiger partial charge is 0.341 e. The summed E-state index contributed by atoms with van der Waals surface area (Å²) in [6.07, 6.45) is 0.701. The van der Waals surface area contributed by atoms with Crippen molar-refractivity contribution in [3.8, 4) is 0 Å². The van der Waals surface area contributed by atoms with Gasteiger partial charge >= 0.3 is 11.9 Å². The Kier molecular flexibility index (Phi) is 9.74. The lowest BCUT2D eigenvalue weighted by atomic mass is 9.94. The molecule has 1 aromatic carbocycles. The van der Waals surface area contributed by atoms with E-state index in [1.165, 1.54) is 6.07 Å². The minimum atomic E-state index is -0.608. The van der Waals surface area contributed by atoms with Crippen molar-refractivity contribution < 1.29 is 19.1 Å². The number of hydrogen-bond donors (Lipinski definition) is 1. The number of nitrogens with two attached hydrogens (primary N) is 1. The van der Waals surface area contributed by atoms with Gasteiger partial charge in [0.25, 0.3) is 0 Å². The molecule has 0 atom stereocenters. The molecule has 0 saturated carbocycles. The second-order valence-electron chi connectivity index (χ2n) is 6.88. The maximum Gasteiger partial charge on any atom is 0.341 e. The van der Waals surface area contributed by atoms with Crippen LogP contribution in [0.1, 0.15) is 47.9 Å². The Bertz CT molecular complexity index is 588. The topological polar surface area (TPSA) is 81.9 Å². The highest BCUT2D eigenvalue weighted by molar-refractivity contribution is 8.93. The first-order valence-electron chi connectivity index (χ1n) is 8.05. The van der Waals surface area contributed by atoms with Crippen molar-refractivity contribution >= 4 is 34.6 Å². The number of halogens is 1. The first kappa shape index (κ1) is 23.4. The number of nitrogens with zero attached hydrogens (tertiary/aromatic N) is 1. The molecule has 25 heavy (non-hydrogen) atoms. The number of benzene rings is 1. The summed E-state index contributed by atoms with van der Waals surface area (Å²) < 4.78 is 10.5. The summed E-state index contributed by atoms with van der Waals surface area (Å²) in [6.45, 7) is 7.18. The molecule has 0 amide bonds. The number of carbonyl (C=O) groups excluding carboxylic acids is 2. The predicted octanol–water partition coefficient (Wildman–Crippen LogP) is 3.16. The Balaban J connectivity index is 0.00000576. The van der Waals surface area contributed by atoms with E-state index in [-0.39, 0.29) is 52.4 Å². The normalized spacial score (nSPS) is 11.0. The van der Waals surface area contributed by atoms with Gasteiger partial charge in [0.15, 0.2) is 0 Å². The average molecular weight is 417 g/mol. The fourth-order valence-corrected chi connectivity index (χ4v) is 2.48. The van der Waals surface area contributed by atoms with Gasteiger partial charge in [0, 0.05) is 17.6 Å². The Hall–Kier alpha value is -1.60. The highest BCUT2D eigenvalue weighted by atomic mass is 79.9. The second kappa shape index (κ2) is 10.4. The van der Waals surface area contributed by atoms with Crippen LogP contribution in [0.5, 0.6) is 0 Å². The van der Waals surface area contributed by atoms with Crippen molar-refractivity contribution in [1.29, 1.82) is 0 Å². The SMILES string of the molecule is Br.CCCOC(=O)c1cccc(N)c1C(=O)OCC(C)(C)CN(C)C. The molecule has 0 spiro atoms. The summed E-state index contributed by atoms with van der Waals surface area (Å²) in [5, 5.41) is 0. The van der Waals surface area contributed by atoms with Crippen LogP contribution in [0.15, 0.2) is 18.2 Å². The number of carbonyl (C=O) groups is 2. The van der Waals surface area contributed by atoms with Crippen LogP contribution in [0.3, 0.4) is 0 Å². The van der Waals surface area contributed by atoms with Crippen molar-refractivity contribution in [3.05, 3.63) is 29.3 Å². The summed E-state index contributed by atoms with van der Waals surface area (Å²) in [5.41, 5.74) is 6.09. The van der Waals surface area contributed by atoms with Crippen LogP contribution in [-0.2, 0) is 9.47 Å². The monoisotopic (exact) mass is 416 g/mol. The predicted molar refractivity (Wildman–Crippen MR) is 104 cm³/mol. The van der Waals surface area contributed by atoms with E-state index in [1.54, 1.807) is 12.1 Å². The number of ether oxygens (including phenoxy) is 2. The van der Waals surface area contributed by atoms with Gasteiger partial charge in [-0.3, -0.25) is 0 Å². The van der Waals surface area contributed by atoms with Gasteiger partial charge in [-0.1, -0.05) is 26.8 Å². The van der Waals surface area contributed by atoms with E-state index in [2.05, 4.69) is 0 Å². The Morgan fingerprint density at radius 1 is 1.16 bits per heavy atom. The molecule has 1 aromatic rings. The molecule has 0 heterocycles. The van der Waals surface area contributed by atoms with E-state index in [0.717, 1.165) is 6.54 Å². The zero-order chi connectivity index (χ0) is 18.3. The minimum Gasteiger partial charge on any atom is -0.462 e. The number of rotatable bonds is 8. The maximum absolute atomic E-state index is 12.5. The van der Waals surface area contributed by atoms with Gasteiger partial charge in [0.05, 0.1) is 24.3 Å². The third kappa shape index (κ3) is 7.44. The largest absolute Gasteiger partial charge is 0.462 e. The van der Waals surface area contributed by atoms with Crippen molar-refractivity contribution in [2.24, 2.45) is 5.41 Å². The van der Waals surface area contributed by atoms with Gasteiger partial charge in [-0.05, 0) is 32.6 Å². The molecule has 6 nitrogen and oxygen atoms in total. The third-order valence-corrected chi connectivity index (χ3v) is 3.30. The lowest BCUT2D eigenvalue weighted by molar-refractivity contribution is 0.0290. The Morgan fingerprint density at radius 3 is 2.36 bits per heavy atom. The van der Waals surface area contributed by atoms with Crippen LogP contribution < -0.4 is 5.73 Å². The van der Waals surface area contributed by atoms with Crippen molar-refractivity contribution in [2.75, 3.05) is 39.6 Å².